The van der Waals surface area contributed by atoms with Gasteiger partial charge in [0.1, 0.15) is 5.76 Å². The molecule has 1 aliphatic heterocycles. The Hall–Kier alpha value is -1.76. The van der Waals surface area contributed by atoms with Gasteiger partial charge in [0, 0.05) is 30.8 Å². The van der Waals surface area contributed by atoms with Gasteiger partial charge in [-0.1, -0.05) is 32.4 Å². The topological polar surface area (TPSA) is 44.9 Å². The first-order valence-corrected chi connectivity index (χ1v) is 7.05. The molecule has 108 valence electrons. The molecule has 20 heavy (non-hydrogen) atoms. The van der Waals surface area contributed by atoms with Gasteiger partial charge in [0.2, 0.25) is 11.6 Å². The molecule has 4 nitrogen and oxygen atoms in total. The van der Waals surface area contributed by atoms with Gasteiger partial charge in [-0.25, -0.2) is 4.85 Å². The number of aliphatic hydroxyl groups excluding tert-OH is 1. The number of carbonyl (C=O) groups excluding carboxylic acids is 1. The number of fused-ring (bicyclic) bond motifs is 1. The monoisotopic (exact) mass is 274 g/mol. The molecule has 0 radical (unpaired) electrons. The summed E-state index contributed by atoms with van der Waals surface area (Å²) in [5.41, 5.74) is 0.894. The molecule has 1 aliphatic carbocycles. The largest absolute Gasteiger partial charge is 0.523 e. The van der Waals surface area contributed by atoms with Crippen LogP contribution in [0.5, 0.6) is 0 Å². The molecule has 1 N–H and O–H groups in total. The van der Waals surface area contributed by atoms with Gasteiger partial charge in [-0.05, 0) is 12.8 Å². The number of hydrogen-bond acceptors (Lipinski definition) is 2. The van der Waals surface area contributed by atoms with Crippen molar-refractivity contribution in [3.8, 4) is 0 Å². The van der Waals surface area contributed by atoms with E-state index in [-0.39, 0.29) is 17.1 Å². The third kappa shape index (κ3) is 1.93. The van der Waals surface area contributed by atoms with Crippen LogP contribution in [0.2, 0.25) is 0 Å². The summed E-state index contributed by atoms with van der Waals surface area (Å²) in [5.74, 6) is 0.276. The van der Waals surface area contributed by atoms with Crippen LogP contribution in [0.4, 0.5) is 0 Å². The lowest BCUT2D eigenvalue weighted by atomic mass is 9.59. The molecule has 1 amide bonds. The summed E-state index contributed by atoms with van der Waals surface area (Å²) in [6, 6.07) is 0. The van der Waals surface area contributed by atoms with Crippen LogP contribution in [0.25, 0.3) is 4.85 Å². The highest BCUT2D eigenvalue weighted by Crippen LogP contribution is 2.55. The summed E-state index contributed by atoms with van der Waals surface area (Å²) < 4.78 is 0. The Bertz CT molecular complexity index is 555. The van der Waals surface area contributed by atoms with E-state index in [2.05, 4.69) is 17.8 Å². The smallest absolute Gasteiger partial charge is 0.219 e. The van der Waals surface area contributed by atoms with E-state index in [4.69, 9.17) is 6.57 Å². The molecule has 0 saturated heterocycles. The zero-order chi connectivity index (χ0) is 15.1. The highest BCUT2D eigenvalue weighted by atomic mass is 16.3. The molecule has 0 saturated carbocycles. The number of hydrogen-bond donors (Lipinski definition) is 1. The lowest BCUT2D eigenvalue weighted by molar-refractivity contribution is -0.130. The van der Waals surface area contributed by atoms with Crippen molar-refractivity contribution in [2.45, 2.75) is 40.5 Å². The zero-order valence-electron chi connectivity index (χ0n) is 12.7. The molecule has 0 aromatic heterocycles. The first kappa shape index (κ1) is 14.6. The predicted molar refractivity (Wildman–Crippen MR) is 77.7 cm³/mol. The van der Waals surface area contributed by atoms with Crippen LogP contribution in [0.1, 0.15) is 40.5 Å². The molecule has 0 spiro atoms. The SMILES string of the molecule is [C-]#[N+]C1=C(O)C(C)(CC)C2=CCN(C(C)=O)C[C@]2(C)C1. The van der Waals surface area contributed by atoms with Crippen molar-refractivity contribution >= 4 is 5.91 Å². The second-order valence-electron chi connectivity index (χ2n) is 6.35. The van der Waals surface area contributed by atoms with Gasteiger partial charge in [0.05, 0.1) is 6.57 Å². The standard InChI is InChI=1S/C16H22N2O2/c1-6-16(4)13-7-8-18(11(2)19)10-15(13,3)9-12(17-5)14(16)20/h7,20H,6,8-10H2,1-4H3/t15-,16?/m0/s1. The van der Waals surface area contributed by atoms with Gasteiger partial charge in [-0.2, -0.15) is 0 Å². The van der Waals surface area contributed by atoms with Crippen molar-refractivity contribution in [2.24, 2.45) is 10.8 Å². The van der Waals surface area contributed by atoms with Crippen molar-refractivity contribution in [3.63, 3.8) is 0 Å². The summed E-state index contributed by atoms with van der Waals surface area (Å²) in [7, 11) is 0. The molecule has 2 rings (SSSR count). The molecule has 0 aromatic rings. The molecule has 1 unspecified atom stereocenters. The fraction of sp³-hybridized carbons (Fsp3) is 0.625. The summed E-state index contributed by atoms with van der Waals surface area (Å²) in [6.45, 7) is 16.2. The number of allylic oxidation sites excluding steroid dienone is 2. The summed E-state index contributed by atoms with van der Waals surface area (Å²) in [4.78, 5) is 17.0. The summed E-state index contributed by atoms with van der Waals surface area (Å²) in [6.07, 6.45) is 3.33. The Morgan fingerprint density at radius 3 is 2.70 bits per heavy atom. The maximum absolute atomic E-state index is 11.6. The maximum atomic E-state index is 11.6. The van der Waals surface area contributed by atoms with E-state index in [1.54, 1.807) is 6.92 Å². The normalized spacial score (nSPS) is 33.4. The number of amides is 1. The van der Waals surface area contributed by atoms with E-state index < -0.39 is 5.41 Å². The molecule has 0 aromatic carbocycles. The Balaban J connectivity index is 2.56. The van der Waals surface area contributed by atoms with Crippen LogP contribution < -0.4 is 0 Å². The van der Waals surface area contributed by atoms with Crippen LogP contribution in [-0.2, 0) is 4.79 Å². The van der Waals surface area contributed by atoms with Gasteiger partial charge in [-0.3, -0.25) is 4.79 Å². The molecular weight excluding hydrogens is 252 g/mol. The van der Waals surface area contributed by atoms with Crippen LogP contribution in [0.3, 0.4) is 0 Å². The third-order valence-corrected chi connectivity index (χ3v) is 4.94. The summed E-state index contributed by atoms with van der Waals surface area (Å²) >= 11 is 0. The van der Waals surface area contributed by atoms with Crippen LogP contribution >= 0.6 is 0 Å². The number of nitrogens with zero attached hydrogens (tertiary/aromatic N) is 2. The third-order valence-electron chi connectivity index (χ3n) is 4.94. The minimum absolute atomic E-state index is 0.0582. The molecule has 4 heteroatoms. The minimum Gasteiger partial charge on any atom is -0.523 e. The zero-order valence-corrected chi connectivity index (χ0v) is 12.7. The van der Waals surface area contributed by atoms with Crippen molar-refractivity contribution in [1.82, 2.24) is 4.90 Å². The second kappa shape index (κ2) is 4.66. The fourth-order valence-electron chi connectivity index (χ4n) is 3.65. The number of carbonyl (C=O) groups is 1. The Labute approximate surface area is 120 Å². The van der Waals surface area contributed by atoms with Crippen molar-refractivity contribution in [1.29, 1.82) is 0 Å². The highest BCUT2D eigenvalue weighted by molar-refractivity contribution is 5.74. The Morgan fingerprint density at radius 1 is 1.55 bits per heavy atom. The van der Waals surface area contributed by atoms with Crippen molar-refractivity contribution in [3.05, 3.63) is 34.5 Å². The van der Waals surface area contributed by atoms with Gasteiger partial charge < -0.3 is 10.0 Å². The highest BCUT2D eigenvalue weighted by Gasteiger charge is 2.50. The Morgan fingerprint density at radius 2 is 2.20 bits per heavy atom. The second-order valence-corrected chi connectivity index (χ2v) is 6.35. The minimum atomic E-state index is -0.476. The van der Waals surface area contributed by atoms with Crippen LogP contribution in [0, 0.1) is 17.4 Å². The average Bonchev–Trinajstić information content (AvgIpc) is 2.42. The average molecular weight is 274 g/mol. The molecule has 0 bridgehead atoms. The molecule has 1 heterocycles. The molecule has 2 atom stereocenters. The van der Waals surface area contributed by atoms with E-state index in [0.29, 0.717) is 25.2 Å². The van der Waals surface area contributed by atoms with E-state index >= 15 is 0 Å². The van der Waals surface area contributed by atoms with E-state index in [1.165, 1.54) is 5.57 Å². The molecule has 0 fully saturated rings. The van der Waals surface area contributed by atoms with Gasteiger partial charge in [-0.15, -0.1) is 0 Å². The van der Waals surface area contributed by atoms with Gasteiger partial charge in [0.25, 0.3) is 0 Å². The quantitative estimate of drug-likeness (QED) is 0.589. The fourth-order valence-corrected chi connectivity index (χ4v) is 3.65. The van der Waals surface area contributed by atoms with Gasteiger partial charge in [0.15, 0.2) is 0 Å². The first-order valence-electron chi connectivity index (χ1n) is 7.05. The van der Waals surface area contributed by atoms with Crippen molar-refractivity contribution < 1.29 is 9.90 Å². The number of rotatable bonds is 1. The first-order chi connectivity index (χ1) is 9.28. The summed E-state index contributed by atoms with van der Waals surface area (Å²) in [5, 5.41) is 10.5. The molecular formula is C16H22N2O2. The number of aliphatic hydroxyl groups is 1. The van der Waals surface area contributed by atoms with E-state index in [1.807, 2.05) is 18.7 Å². The maximum Gasteiger partial charge on any atom is 0.219 e. The van der Waals surface area contributed by atoms with E-state index in [0.717, 1.165) is 6.42 Å². The van der Waals surface area contributed by atoms with Gasteiger partial charge >= 0.3 is 0 Å². The lowest BCUT2D eigenvalue weighted by Gasteiger charge is -2.50. The Kier molecular flexibility index (Phi) is 3.41. The lowest BCUT2D eigenvalue weighted by Crippen LogP contribution is -2.49. The van der Waals surface area contributed by atoms with Crippen molar-refractivity contribution in [2.75, 3.05) is 13.1 Å². The van der Waals surface area contributed by atoms with Crippen LogP contribution in [0.15, 0.2) is 23.1 Å². The van der Waals surface area contributed by atoms with E-state index in [9.17, 15) is 9.90 Å². The predicted octanol–water partition coefficient (Wildman–Crippen LogP) is 3.29. The molecule has 2 aliphatic rings. The van der Waals surface area contributed by atoms with Crippen LogP contribution in [-0.4, -0.2) is 29.0 Å².